The maximum absolute atomic E-state index is 12.2. The molecule has 416 valence electrons. The number of nitrogens with one attached hydrogen (secondary N) is 1. The van der Waals surface area contributed by atoms with Gasteiger partial charge in [0.15, 0.2) is 34.3 Å². The van der Waals surface area contributed by atoms with Gasteiger partial charge in [0.25, 0.3) is 5.91 Å². The maximum Gasteiger partial charge on any atom is 0.360 e. The number of aryl methyl sites for hydroxylation is 2. The Labute approximate surface area is 467 Å². The summed E-state index contributed by atoms with van der Waals surface area (Å²) in [5.41, 5.74) is 4.90. The van der Waals surface area contributed by atoms with Crippen molar-refractivity contribution in [1.82, 2.24) is 20.3 Å². The van der Waals surface area contributed by atoms with Crippen LogP contribution in [0.4, 0.5) is 0 Å². The van der Waals surface area contributed by atoms with E-state index in [0.29, 0.717) is 83.9 Å². The summed E-state index contributed by atoms with van der Waals surface area (Å²) in [6, 6.07) is 42.6. The number of pyridine rings is 3. The number of methoxy groups -OCH3 is 2. The summed E-state index contributed by atoms with van der Waals surface area (Å²) >= 11 is 0. The number of aliphatic carboxylic acids is 2. The van der Waals surface area contributed by atoms with Crippen molar-refractivity contribution >= 4 is 68.1 Å². The molecule has 22 nitrogen and oxygen atoms in total. The monoisotopic (exact) mass is 1110 g/mol. The van der Waals surface area contributed by atoms with Crippen LogP contribution in [0.1, 0.15) is 61.0 Å². The highest BCUT2D eigenvalue weighted by molar-refractivity contribution is 6.04. The van der Waals surface area contributed by atoms with Crippen LogP contribution in [0.3, 0.4) is 0 Å². The number of carbonyl (C=O) groups excluding carboxylic acids is 4. The largest absolute Gasteiger partial charge is 0.505 e. The Morgan fingerprint density at radius 2 is 0.864 bits per heavy atom. The Morgan fingerprint density at radius 1 is 0.506 bits per heavy atom. The number of amides is 1. The normalized spacial score (nSPS) is 11.4. The predicted molar refractivity (Wildman–Crippen MR) is 294 cm³/mol. The van der Waals surface area contributed by atoms with E-state index in [0.717, 1.165) is 0 Å². The Balaban J connectivity index is 0.000000194. The van der Waals surface area contributed by atoms with E-state index in [4.69, 9.17) is 34.6 Å². The van der Waals surface area contributed by atoms with Crippen molar-refractivity contribution in [2.75, 3.05) is 27.2 Å². The minimum atomic E-state index is -3.00. The number of fused-ring (bicyclic) bond motifs is 3. The molecule has 0 bridgehead atoms. The minimum absolute atomic E-state index is 0.0887. The van der Waals surface area contributed by atoms with Crippen LogP contribution in [0, 0.1) is 13.8 Å². The van der Waals surface area contributed by atoms with E-state index in [-0.39, 0.29) is 29.5 Å². The molecular formula is C59H53N5O17. The second kappa shape index (κ2) is 28.0. The van der Waals surface area contributed by atoms with E-state index in [9.17, 15) is 44.1 Å². The molecule has 0 aliphatic carbocycles. The molecule has 81 heavy (non-hydrogen) atoms. The molecule has 1 amide bonds. The number of hydrogen-bond donors (Lipinski definition) is 7. The number of carboxylic acids is 2. The average molecular weight is 1110 g/mol. The van der Waals surface area contributed by atoms with Crippen molar-refractivity contribution < 1.29 is 88.2 Å². The Bertz CT molecular complexity index is 3950. The zero-order chi connectivity index (χ0) is 62.3. The molecule has 8 N–H and O–H groups in total. The van der Waals surface area contributed by atoms with Gasteiger partial charge < -0.3 is 65.0 Å². The van der Waals surface area contributed by atoms with Crippen LogP contribution in [0.5, 0.6) is 51.7 Å². The molecule has 0 spiro atoms. The second-order valence-electron chi connectivity index (χ2n) is 16.5. The van der Waals surface area contributed by atoms with Crippen molar-refractivity contribution in [3.63, 3.8) is 0 Å². The van der Waals surface area contributed by atoms with E-state index in [1.807, 2.05) is 66.7 Å². The highest BCUT2D eigenvalue weighted by Gasteiger charge is 2.23. The van der Waals surface area contributed by atoms with E-state index in [1.54, 1.807) is 98.0 Å². The van der Waals surface area contributed by atoms with Crippen molar-refractivity contribution in [3.8, 4) is 51.7 Å². The molecule has 0 saturated heterocycles. The van der Waals surface area contributed by atoms with Crippen molar-refractivity contribution in [2.45, 2.75) is 27.4 Å². The number of hydrogen-bond acceptors (Lipinski definition) is 19. The number of para-hydroxylation sites is 3. The minimum Gasteiger partial charge on any atom is -0.505 e. The lowest BCUT2D eigenvalue weighted by molar-refractivity contribution is -0.142. The number of ether oxygens (including phenoxy) is 6. The van der Waals surface area contributed by atoms with Gasteiger partial charge in [-0.05, 0) is 105 Å². The number of aromatic hydroxyl groups is 3. The first-order valence-electron chi connectivity index (χ1n) is 25.7. The molecule has 0 saturated carbocycles. The van der Waals surface area contributed by atoms with Crippen molar-refractivity contribution in [1.29, 1.82) is 0 Å². The summed E-state index contributed by atoms with van der Waals surface area (Å²) in [6.07, 6.45) is 0. The van der Waals surface area contributed by atoms with Crippen LogP contribution < -0.4 is 25.3 Å². The highest BCUT2D eigenvalue weighted by atomic mass is 16.5. The van der Waals surface area contributed by atoms with Gasteiger partial charge >= 0.3 is 29.8 Å². The maximum atomic E-state index is 12.2. The van der Waals surface area contributed by atoms with Crippen LogP contribution in [0.15, 0.2) is 146 Å². The quantitative estimate of drug-likeness (QED) is 0.0394. The standard InChI is InChI=1S/C20H17NO6.C19H16N2O5.C18H15NO4.C2H5NO2/c1-12(22)26-11-17-16-10-14(27-13-6-4-3-5-7-13)8-9-15(16)19(23)18(21-17)20(24)25-2;1-11-15-9-13(26-12-5-3-2-4-6-12)7-8-14(15)18(24)17(21-11)19(25)20-10-16(22)23;1-11-15-10-13(23-12-6-4-3-5-7-12)8-9-14(15)17(20)16(19-11)18(21)22-2;3-1-2(4)5/h3-10,23H,11H2,1-2H3;2-9,24H,10H2,1H3,(H,20,25)(H,22,23);3-10,20H,1-2H3;1,3H2,(H,4,5)/i;10D2;;1D2. The number of benzene rings is 6. The van der Waals surface area contributed by atoms with Crippen LogP contribution in [0.25, 0.3) is 32.3 Å². The summed E-state index contributed by atoms with van der Waals surface area (Å²) in [5, 5.41) is 52.3. The molecule has 3 heterocycles. The topological polar surface area (TPSA) is 336 Å². The van der Waals surface area contributed by atoms with Gasteiger partial charge in [-0.1, -0.05) is 54.6 Å². The van der Waals surface area contributed by atoms with Gasteiger partial charge in [0.05, 0.1) is 31.9 Å². The first-order valence-corrected chi connectivity index (χ1v) is 23.7. The van der Waals surface area contributed by atoms with Crippen LogP contribution in [-0.4, -0.2) is 103 Å². The van der Waals surface area contributed by atoms with E-state index < -0.39 is 60.2 Å². The third-order valence-corrected chi connectivity index (χ3v) is 11.0. The Hall–Kier alpha value is -10.9. The number of carbonyl (C=O) groups is 6. The molecular weight excluding hydrogens is 1050 g/mol. The molecule has 9 aromatic rings. The number of aromatic nitrogens is 3. The highest BCUT2D eigenvalue weighted by Crippen LogP contribution is 2.37. The Morgan fingerprint density at radius 3 is 1.23 bits per heavy atom. The summed E-state index contributed by atoms with van der Waals surface area (Å²) in [4.78, 5) is 79.6. The molecule has 0 atom stereocenters. The van der Waals surface area contributed by atoms with Gasteiger partial charge in [0.1, 0.15) is 47.6 Å². The number of esters is 3. The van der Waals surface area contributed by atoms with Gasteiger partial charge in [0, 0.05) is 50.6 Å². The predicted octanol–water partition coefficient (Wildman–Crippen LogP) is 9.30. The smallest absolute Gasteiger partial charge is 0.360 e. The van der Waals surface area contributed by atoms with Crippen LogP contribution >= 0.6 is 0 Å². The number of nitrogens with zero attached hydrogens (tertiary/aromatic N) is 3. The summed E-state index contributed by atoms with van der Waals surface area (Å²) in [7, 11) is 2.44. The fourth-order valence-electron chi connectivity index (χ4n) is 7.37. The lowest BCUT2D eigenvalue weighted by Gasteiger charge is -2.13. The average Bonchev–Trinajstić information content (AvgIpc) is 3.68. The van der Waals surface area contributed by atoms with E-state index in [1.165, 1.54) is 21.1 Å². The second-order valence-corrected chi connectivity index (χ2v) is 16.5. The van der Waals surface area contributed by atoms with E-state index >= 15 is 0 Å². The third kappa shape index (κ3) is 15.9. The Kier molecular flexibility index (Phi) is 18.5. The van der Waals surface area contributed by atoms with Gasteiger partial charge in [-0.3, -0.25) is 19.2 Å². The van der Waals surface area contributed by atoms with Gasteiger partial charge in [-0.25, -0.2) is 24.5 Å². The SMILES string of the molecule is COC(=O)c1nc(C)c2cc(Oc3ccccc3)ccc2c1O.COC(=O)c1nc(COC(C)=O)c2cc(Oc3ccccc3)ccc2c1O.[2H]C([2H])(N)C(=O)O.[2H]C([2H])(NC(=O)c1nc(C)c2cc(Oc3ccccc3)ccc2c1O)C(=O)O. The molecule has 0 aliphatic rings. The van der Waals surface area contributed by atoms with Crippen LogP contribution in [0.2, 0.25) is 0 Å². The molecule has 3 aromatic heterocycles. The first kappa shape index (κ1) is 53.5. The zero-order valence-electron chi connectivity index (χ0n) is 47.6. The molecule has 0 radical (unpaired) electrons. The van der Waals surface area contributed by atoms with Crippen molar-refractivity contribution in [3.05, 3.63) is 180 Å². The summed E-state index contributed by atoms with van der Waals surface area (Å²) < 4.78 is 58.7. The molecule has 6 aromatic carbocycles. The fraction of sp³-hybridized carbons (Fsp3) is 0.136. The molecule has 0 aliphatic heterocycles. The third-order valence-electron chi connectivity index (χ3n) is 11.0. The van der Waals surface area contributed by atoms with E-state index in [2.05, 4.69) is 30.2 Å². The van der Waals surface area contributed by atoms with Crippen molar-refractivity contribution in [2.24, 2.45) is 5.73 Å². The summed E-state index contributed by atoms with van der Waals surface area (Å²) in [5.74, 6) is -3.96. The zero-order valence-corrected chi connectivity index (χ0v) is 43.6. The van der Waals surface area contributed by atoms with Gasteiger partial charge in [-0.15, -0.1) is 0 Å². The molecule has 22 heteroatoms. The lowest BCUT2D eigenvalue weighted by atomic mass is 10.1. The van der Waals surface area contributed by atoms with Gasteiger partial charge in [-0.2, -0.15) is 0 Å². The number of carboxylic acid groups (broad SMARTS) is 2. The van der Waals surface area contributed by atoms with Gasteiger partial charge in [0.2, 0.25) is 0 Å². The molecule has 0 unspecified atom stereocenters. The van der Waals surface area contributed by atoms with Crippen LogP contribution in [-0.2, 0) is 35.2 Å². The summed E-state index contributed by atoms with van der Waals surface area (Å²) in [6.45, 7) is -1.10. The lowest BCUT2D eigenvalue weighted by Crippen LogP contribution is -2.30. The molecule has 0 fully saturated rings. The number of rotatable bonds is 14. The fourth-order valence-corrected chi connectivity index (χ4v) is 7.37. The first-order chi connectivity index (χ1) is 40.2. The number of nitrogens with two attached hydrogens (primary N) is 1. The molecule has 9 rings (SSSR count).